The zero-order valence-corrected chi connectivity index (χ0v) is 14.9. The van der Waals surface area contributed by atoms with E-state index in [0.29, 0.717) is 11.3 Å². The summed E-state index contributed by atoms with van der Waals surface area (Å²) in [5, 5.41) is 7.82. The van der Waals surface area contributed by atoms with Gasteiger partial charge >= 0.3 is 0 Å². The van der Waals surface area contributed by atoms with E-state index in [-0.39, 0.29) is 16.6 Å². The first kappa shape index (κ1) is 18.3. The number of amides is 1. The van der Waals surface area contributed by atoms with E-state index in [9.17, 15) is 13.2 Å². The molecule has 0 aliphatic rings. The first-order valence-electron chi connectivity index (χ1n) is 6.95. The fourth-order valence-corrected chi connectivity index (χ4v) is 3.35. The van der Waals surface area contributed by atoms with Gasteiger partial charge in [-0.1, -0.05) is 12.1 Å². The number of ether oxygens (including phenoxy) is 1. The van der Waals surface area contributed by atoms with Gasteiger partial charge in [-0.25, -0.2) is 13.6 Å². The molecule has 0 aliphatic carbocycles. The summed E-state index contributed by atoms with van der Waals surface area (Å²) in [7, 11) is -2.61. The Bertz CT molecular complexity index is 834. The Balaban J connectivity index is 2.22. The van der Waals surface area contributed by atoms with E-state index in [1.54, 1.807) is 30.0 Å². The van der Waals surface area contributed by atoms with Crippen LogP contribution in [0.4, 0.5) is 5.69 Å². The van der Waals surface area contributed by atoms with Crippen LogP contribution >= 0.6 is 11.8 Å². The number of nitrogens with two attached hydrogens (primary N) is 1. The van der Waals surface area contributed by atoms with Crippen molar-refractivity contribution in [2.75, 3.05) is 18.7 Å². The van der Waals surface area contributed by atoms with Crippen molar-refractivity contribution in [3.05, 3.63) is 53.6 Å². The average molecular weight is 366 g/mol. The van der Waals surface area contributed by atoms with E-state index in [1.807, 2.05) is 18.4 Å². The van der Waals surface area contributed by atoms with Crippen LogP contribution in [0.3, 0.4) is 0 Å². The molecule has 1 amide bonds. The average Bonchev–Trinajstić information content (AvgIpc) is 2.55. The van der Waals surface area contributed by atoms with Crippen LogP contribution in [0.1, 0.15) is 15.9 Å². The monoisotopic (exact) mass is 366 g/mol. The Morgan fingerprint density at radius 1 is 1.21 bits per heavy atom. The highest BCUT2D eigenvalue weighted by Gasteiger charge is 2.16. The van der Waals surface area contributed by atoms with Crippen LogP contribution in [-0.2, 0) is 15.8 Å². The highest BCUT2D eigenvalue weighted by molar-refractivity contribution is 7.97. The summed E-state index contributed by atoms with van der Waals surface area (Å²) in [5.41, 5.74) is 1.92. The molecule has 3 N–H and O–H groups in total. The molecular weight excluding hydrogens is 348 g/mol. The molecule has 0 fully saturated rings. The van der Waals surface area contributed by atoms with Crippen molar-refractivity contribution in [3.8, 4) is 5.75 Å². The molecule has 0 bridgehead atoms. The van der Waals surface area contributed by atoms with Crippen molar-refractivity contribution < 1.29 is 17.9 Å². The fourth-order valence-electron chi connectivity index (χ4n) is 2.10. The lowest BCUT2D eigenvalue weighted by molar-refractivity contribution is 0.102. The number of sulfonamides is 1. The third-order valence-corrected chi connectivity index (χ3v) is 4.81. The van der Waals surface area contributed by atoms with E-state index in [0.717, 1.165) is 11.3 Å². The van der Waals surface area contributed by atoms with E-state index < -0.39 is 10.0 Å². The van der Waals surface area contributed by atoms with Crippen molar-refractivity contribution >= 4 is 33.4 Å². The molecule has 0 saturated carbocycles. The molecule has 2 rings (SSSR count). The number of thioether (sulfide) groups is 1. The highest BCUT2D eigenvalue weighted by atomic mass is 32.2. The predicted octanol–water partition coefficient (Wildman–Crippen LogP) is 2.46. The third-order valence-electron chi connectivity index (χ3n) is 3.26. The Morgan fingerprint density at radius 2 is 1.88 bits per heavy atom. The summed E-state index contributed by atoms with van der Waals surface area (Å²) in [6.07, 6.45) is 2.01. The molecule has 24 heavy (non-hydrogen) atoms. The van der Waals surface area contributed by atoms with Gasteiger partial charge in [0.1, 0.15) is 10.6 Å². The van der Waals surface area contributed by atoms with Gasteiger partial charge in [0.15, 0.2) is 0 Å². The Labute approximate surface area is 145 Å². The number of rotatable bonds is 6. The van der Waals surface area contributed by atoms with Gasteiger partial charge in [-0.2, -0.15) is 11.8 Å². The molecule has 0 spiro atoms. The summed E-state index contributed by atoms with van der Waals surface area (Å²) >= 11 is 1.70. The second kappa shape index (κ2) is 7.69. The number of carbonyl (C=O) groups is 1. The number of benzene rings is 2. The summed E-state index contributed by atoms with van der Waals surface area (Å²) in [6.45, 7) is 0. The minimum atomic E-state index is -3.96. The van der Waals surface area contributed by atoms with Crippen molar-refractivity contribution in [1.29, 1.82) is 0 Å². The quantitative estimate of drug-likeness (QED) is 0.818. The molecule has 128 valence electrons. The standard InChI is InChI=1S/C16H18N2O4S2/c1-22-14-8-7-13(9-15(14)24(17,20)21)18-16(19)12-5-3-11(4-6-12)10-23-2/h3-9H,10H2,1-2H3,(H,18,19)(H2,17,20,21). The lowest BCUT2D eigenvalue weighted by Gasteiger charge is -2.10. The Hall–Kier alpha value is -2.03. The first-order chi connectivity index (χ1) is 11.3. The van der Waals surface area contributed by atoms with E-state index in [2.05, 4.69) is 5.32 Å². The lowest BCUT2D eigenvalue weighted by Crippen LogP contribution is -2.16. The van der Waals surface area contributed by atoms with Gasteiger partial charge in [-0.3, -0.25) is 4.79 Å². The third kappa shape index (κ3) is 4.50. The summed E-state index contributed by atoms with van der Waals surface area (Å²) in [6, 6.07) is 11.5. The van der Waals surface area contributed by atoms with Crippen LogP contribution in [-0.4, -0.2) is 27.7 Å². The molecule has 0 saturated heterocycles. The molecule has 0 radical (unpaired) electrons. The number of anilines is 1. The molecule has 0 heterocycles. The van der Waals surface area contributed by atoms with Crippen LogP contribution in [0.15, 0.2) is 47.4 Å². The number of hydrogen-bond donors (Lipinski definition) is 2. The van der Waals surface area contributed by atoms with Crippen LogP contribution < -0.4 is 15.2 Å². The van der Waals surface area contributed by atoms with Crippen molar-refractivity contribution in [3.63, 3.8) is 0 Å². The molecule has 0 unspecified atom stereocenters. The number of methoxy groups -OCH3 is 1. The number of hydrogen-bond acceptors (Lipinski definition) is 5. The van der Waals surface area contributed by atoms with E-state index in [1.165, 1.54) is 19.2 Å². The molecule has 8 heteroatoms. The van der Waals surface area contributed by atoms with Crippen LogP contribution in [0.5, 0.6) is 5.75 Å². The maximum Gasteiger partial charge on any atom is 0.255 e. The van der Waals surface area contributed by atoms with Gasteiger partial charge in [0, 0.05) is 17.0 Å². The second-order valence-electron chi connectivity index (χ2n) is 4.99. The summed E-state index contributed by atoms with van der Waals surface area (Å²) in [5.74, 6) is 0.658. The van der Waals surface area contributed by atoms with Gasteiger partial charge < -0.3 is 10.1 Å². The summed E-state index contributed by atoms with van der Waals surface area (Å²) < 4.78 is 28.2. The number of primary sulfonamides is 1. The zero-order valence-electron chi connectivity index (χ0n) is 13.3. The van der Waals surface area contributed by atoms with Gasteiger partial charge in [0.2, 0.25) is 10.0 Å². The molecule has 6 nitrogen and oxygen atoms in total. The normalized spacial score (nSPS) is 11.1. The fraction of sp³-hybridized carbons (Fsp3) is 0.188. The number of nitrogens with one attached hydrogen (secondary N) is 1. The van der Waals surface area contributed by atoms with Crippen LogP contribution in [0.25, 0.3) is 0 Å². The minimum Gasteiger partial charge on any atom is -0.495 e. The Morgan fingerprint density at radius 3 is 2.42 bits per heavy atom. The molecule has 0 atom stereocenters. The topological polar surface area (TPSA) is 98.5 Å². The molecule has 2 aromatic rings. The SMILES string of the molecule is COc1ccc(NC(=O)c2ccc(CSC)cc2)cc1S(N)(=O)=O. The molecule has 0 aromatic heterocycles. The largest absolute Gasteiger partial charge is 0.495 e. The van der Waals surface area contributed by atoms with Gasteiger partial charge in [0.25, 0.3) is 5.91 Å². The minimum absolute atomic E-state index is 0.122. The van der Waals surface area contributed by atoms with Crippen LogP contribution in [0, 0.1) is 0 Å². The van der Waals surface area contributed by atoms with Crippen molar-refractivity contribution in [2.24, 2.45) is 5.14 Å². The van der Waals surface area contributed by atoms with E-state index in [4.69, 9.17) is 9.88 Å². The zero-order chi connectivity index (χ0) is 17.7. The van der Waals surface area contributed by atoms with Gasteiger partial charge in [-0.05, 0) is 42.2 Å². The highest BCUT2D eigenvalue weighted by Crippen LogP contribution is 2.26. The first-order valence-corrected chi connectivity index (χ1v) is 9.89. The maximum atomic E-state index is 12.3. The molecular formula is C16H18N2O4S2. The van der Waals surface area contributed by atoms with Gasteiger partial charge in [0.05, 0.1) is 7.11 Å². The number of carbonyl (C=O) groups excluding carboxylic acids is 1. The Kier molecular flexibility index (Phi) is 5.87. The molecule has 2 aromatic carbocycles. The smallest absolute Gasteiger partial charge is 0.255 e. The van der Waals surface area contributed by atoms with E-state index >= 15 is 0 Å². The second-order valence-corrected chi connectivity index (χ2v) is 7.39. The van der Waals surface area contributed by atoms with Crippen molar-refractivity contribution in [2.45, 2.75) is 10.6 Å². The molecule has 0 aliphatic heterocycles. The van der Waals surface area contributed by atoms with Crippen LogP contribution in [0.2, 0.25) is 0 Å². The predicted molar refractivity (Wildman–Crippen MR) is 96.0 cm³/mol. The van der Waals surface area contributed by atoms with Gasteiger partial charge in [-0.15, -0.1) is 0 Å². The maximum absolute atomic E-state index is 12.3. The lowest BCUT2D eigenvalue weighted by atomic mass is 10.1. The van der Waals surface area contributed by atoms with Crippen molar-refractivity contribution in [1.82, 2.24) is 0 Å². The summed E-state index contributed by atoms with van der Waals surface area (Å²) in [4.78, 5) is 12.1.